The van der Waals surface area contributed by atoms with Gasteiger partial charge in [-0.25, -0.2) is 19.4 Å². The molecule has 2 saturated heterocycles. The van der Waals surface area contributed by atoms with Gasteiger partial charge in [-0.3, -0.25) is 0 Å². The van der Waals surface area contributed by atoms with Gasteiger partial charge in [0.25, 0.3) is 0 Å². The number of carboxylic acid groups (broad SMARTS) is 1. The monoisotopic (exact) mass is 541 g/mol. The largest absolute Gasteiger partial charge is 0.465 e. The van der Waals surface area contributed by atoms with Crippen molar-refractivity contribution in [3.05, 3.63) is 15.6 Å². The standard InChI is InChI=1S/C21H28IN5O4/c1-12-17(25-20(28)29)21(11-31-12)7-5-13(6-8-21)14-10-23-16-18(22)26-27(19(16)24-14)15-4-2-3-9-30-15/h10,12-13,15,17,25H,2-9,11H2,1H3,(H,28,29)/t12-,13?,15?,17+,21?/m0/s1. The Kier molecular flexibility index (Phi) is 5.80. The van der Waals surface area contributed by atoms with Gasteiger partial charge in [0.2, 0.25) is 0 Å². The van der Waals surface area contributed by atoms with Gasteiger partial charge in [0.15, 0.2) is 15.6 Å². The van der Waals surface area contributed by atoms with Crippen molar-refractivity contribution in [1.29, 1.82) is 0 Å². The molecule has 0 aromatic carbocycles. The number of ether oxygens (including phenoxy) is 2. The van der Waals surface area contributed by atoms with Gasteiger partial charge < -0.3 is 19.9 Å². The van der Waals surface area contributed by atoms with E-state index in [4.69, 9.17) is 19.4 Å². The summed E-state index contributed by atoms with van der Waals surface area (Å²) in [5, 5.41) is 16.7. The topological polar surface area (TPSA) is 111 Å². The molecule has 0 bridgehead atoms. The van der Waals surface area contributed by atoms with Crippen molar-refractivity contribution in [2.45, 2.75) is 76.2 Å². The quantitative estimate of drug-likeness (QED) is 0.569. The molecule has 1 amide bonds. The lowest BCUT2D eigenvalue weighted by molar-refractivity contribution is -0.0372. The molecule has 9 nitrogen and oxygen atoms in total. The molecule has 2 aromatic heterocycles. The number of fused-ring (bicyclic) bond motifs is 1. The molecule has 31 heavy (non-hydrogen) atoms. The summed E-state index contributed by atoms with van der Waals surface area (Å²) in [4.78, 5) is 21.0. The van der Waals surface area contributed by atoms with Crippen molar-refractivity contribution in [1.82, 2.24) is 25.1 Å². The zero-order chi connectivity index (χ0) is 21.6. The number of amides is 1. The van der Waals surface area contributed by atoms with Crippen LogP contribution in [0.1, 0.15) is 69.7 Å². The Morgan fingerprint density at radius 2 is 2.10 bits per heavy atom. The summed E-state index contributed by atoms with van der Waals surface area (Å²) in [6.45, 7) is 3.32. The van der Waals surface area contributed by atoms with Crippen LogP contribution < -0.4 is 5.32 Å². The minimum Gasteiger partial charge on any atom is -0.465 e. The van der Waals surface area contributed by atoms with Gasteiger partial charge in [0, 0.05) is 24.1 Å². The lowest BCUT2D eigenvalue weighted by Gasteiger charge is -2.40. The van der Waals surface area contributed by atoms with Crippen molar-refractivity contribution in [2.24, 2.45) is 5.41 Å². The van der Waals surface area contributed by atoms with Crippen LogP contribution in [0, 0.1) is 9.12 Å². The highest BCUT2D eigenvalue weighted by Crippen LogP contribution is 2.49. The molecule has 4 heterocycles. The molecule has 2 aliphatic heterocycles. The number of nitrogens with one attached hydrogen (secondary N) is 1. The molecule has 10 heteroatoms. The number of nitrogens with zero attached hydrogens (tertiary/aromatic N) is 4. The number of halogens is 1. The summed E-state index contributed by atoms with van der Waals surface area (Å²) in [6.07, 6.45) is 7.62. The summed E-state index contributed by atoms with van der Waals surface area (Å²) in [5.74, 6) is 0.303. The van der Waals surface area contributed by atoms with E-state index >= 15 is 0 Å². The third-order valence-corrected chi connectivity index (χ3v) is 7.98. The molecule has 3 aliphatic rings. The molecule has 0 radical (unpaired) electrons. The molecule has 2 aromatic rings. The summed E-state index contributed by atoms with van der Waals surface area (Å²) in [5.41, 5.74) is 2.50. The maximum atomic E-state index is 11.3. The third kappa shape index (κ3) is 3.91. The molecule has 1 spiro atoms. The number of rotatable bonds is 3. The predicted octanol–water partition coefficient (Wildman–Crippen LogP) is 3.83. The zero-order valence-corrected chi connectivity index (χ0v) is 19.7. The van der Waals surface area contributed by atoms with Crippen molar-refractivity contribution >= 4 is 39.8 Å². The van der Waals surface area contributed by atoms with Crippen molar-refractivity contribution in [2.75, 3.05) is 13.2 Å². The smallest absolute Gasteiger partial charge is 0.404 e. The summed E-state index contributed by atoms with van der Waals surface area (Å²) in [7, 11) is 0. The molecule has 168 valence electrons. The number of hydrogen-bond donors (Lipinski definition) is 2. The van der Waals surface area contributed by atoms with E-state index in [1.165, 1.54) is 0 Å². The highest BCUT2D eigenvalue weighted by molar-refractivity contribution is 14.1. The lowest BCUT2D eigenvalue weighted by atomic mass is 9.66. The number of hydrogen-bond acceptors (Lipinski definition) is 6. The molecule has 1 aliphatic carbocycles. The third-order valence-electron chi connectivity index (χ3n) is 7.25. The minimum absolute atomic E-state index is 0.0704. The van der Waals surface area contributed by atoms with Crippen molar-refractivity contribution in [3.63, 3.8) is 0 Å². The molecule has 1 unspecified atom stereocenters. The Balaban J connectivity index is 1.37. The highest BCUT2D eigenvalue weighted by Gasteiger charge is 2.50. The fourth-order valence-electron chi connectivity index (χ4n) is 5.53. The number of aromatic nitrogens is 4. The summed E-state index contributed by atoms with van der Waals surface area (Å²) in [6, 6.07) is -0.161. The maximum absolute atomic E-state index is 11.3. The van der Waals surface area contributed by atoms with Gasteiger partial charge >= 0.3 is 6.09 Å². The first-order valence-corrected chi connectivity index (χ1v) is 12.2. The van der Waals surface area contributed by atoms with Gasteiger partial charge in [0.05, 0.1) is 24.4 Å². The van der Waals surface area contributed by atoms with Gasteiger partial charge in [-0.15, -0.1) is 0 Å². The fraction of sp³-hybridized carbons (Fsp3) is 0.714. The Hall–Kier alpha value is -1.53. The molecule has 3 atom stereocenters. The Labute approximate surface area is 194 Å². The average Bonchev–Trinajstić information content (AvgIpc) is 3.27. The van der Waals surface area contributed by atoms with Crippen LogP contribution in [0.15, 0.2) is 6.20 Å². The minimum atomic E-state index is -0.979. The van der Waals surface area contributed by atoms with Crippen LogP contribution in [-0.4, -0.2) is 56.3 Å². The first kappa shape index (κ1) is 21.3. The molecule has 5 rings (SSSR count). The van der Waals surface area contributed by atoms with Crippen LogP contribution in [0.2, 0.25) is 0 Å². The Morgan fingerprint density at radius 3 is 2.81 bits per heavy atom. The van der Waals surface area contributed by atoms with E-state index in [0.717, 1.165) is 72.1 Å². The Morgan fingerprint density at radius 1 is 1.29 bits per heavy atom. The SMILES string of the molecule is C[C@@H]1OCC2(CCC(c3cnc4c(I)nn(C5CCCCO5)c4n3)CC2)[C@@H]1NC(=O)O. The van der Waals surface area contributed by atoms with Gasteiger partial charge in [-0.05, 0) is 74.5 Å². The fourth-order valence-corrected chi connectivity index (χ4v) is 6.14. The van der Waals surface area contributed by atoms with E-state index in [1.54, 1.807) is 0 Å². The van der Waals surface area contributed by atoms with E-state index in [0.29, 0.717) is 12.5 Å². The zero-order valence-electron chi connectivity index (χ0n) is 17.6. The van der Waals surface area contributed by atoms with E-state index in [9.17, 15) is 9.90 Å². The molecular formula is C21H28IN5O4. The lowest BCUT2D eigenvalue weighted by Crippen LogP contribution is -2.50. The number of carbonyl (C=O) groups is 1. The van der Waals surface area contributed by atoms with E-state index < -0.39 is 6.09 Å². The average molecular weight is 541 g/mol. The van der Waals surface area contributed by atoms with E-state index in [-0.39, 0.29) is 23.8 Å². The molecule has 1 saturated carbocycles. The van der Waals surface area contributed by atoms with Gasteiger partial charge in [-0.1, -0.05) is 0 Å². The maximum Gasteiger partial charge on any atom is 0.404 e. The van der Waals surface area contributed by atoms with E-state index in [1.807, 2.05) is 17.8 Å². The first-order chi connectivity index (χ1) is 15.0. The molecular weight excluding hydrogens is 513 g/mol. The summed E-state index contributed by atoms with van der Waals surface area (Å²) >= 11 is 2.22. The predicted molar refractivity (Wildman–Crippen MR) is 121 cm³/mol. The Bertz CT molecular complexity index is 968. The molecule has 3 fully saturated rings. The van der Waals surface area contributed by atoms with E-state index in [2.05, 4.69) is 33.0 Å². The van der Waals surface area contributed by atoms with Crippen LogP contribution in [0.4, 0.5) is 4.79 Å². The van der Waals surface area contributed by atoms with Crippen molar-refractivity contribution in [3.8, 4) is 0 Å². The normalized spacial score (nSPS) is 33.7. The van der Waals surface area contributed by atoms with Crippen molar-refractivity contribution < 1.29 is 19.4 Å². The van der Waals surface area contributed by atoms with Gasteiger partial charge in [0.1, 0.15) is 5.52 Å². The second-order valence-corrected chi connectivity index (χ2v) is 10.1. The van der Waals surface area contributed by atoms with Crippen LogP contribution >= 0.6 is 22.6 Å². The van der Waals surface area contributed by atoms with Crippen LogP contribution in [-0.2, 0) is 9.47 Å². The second-order valence-electron chi connectivity index (χ2n) is 9.10. The van der Waals surface area contributed by atoms with Crippen LogP contribution in [0.3, 0.4) is 0 Å². The van der Waals surface area contributed by atoms with Gasteiger partial charge in [-0.2, -0.15) is 5.10 Å². The van der Waals surface area contributed by atoms with Crippen LogP contribution in [0.5, 0.6) is 0 Å². The highest BCUT2D eigenvalue weighted by atomic mass is 127. The second kappa shape index (κ2) is 8.43. The van der Waals surface area contributed by atoms with Crippen LogP contribution in [0.25, 0.3) is 11.2 Å². The molecule has 2 N–H and O–H groups in total. The first-order valence-electron chi connectivity index (χ1n) is 11.1. The summed E-state index contributed by atoms with van der Waals surface area (Å²) < 4.78 is 14.6.